The summed E-state index contributed by atoms with van der Waals surface area (Å²) in [6.07, 6.45) is 2.01. The standard InChI is InChI=1S/C27H24N4O3S/c1-17-23(26-29-25(30-34-26)19-8-5-4-6-9-19)24(18-12-14-21(33-2)15-13-18)28-27(32)31(17)20-10-7-11-22(16-20)35-3/h4-16,24H,1-3H3,(H,28,32). The van der Waals surface area contributed by atoms with Crippen LogP contribution in [-0.4, -0.2) is 29.5 Å². The number of thioether (sulfide) groups is 1. The molecule has 5 rings (SSSR count). The molecule has 0 fully saturated rings. The van der Waals surface area contributed by atoms with Gasteiger partial charge in [-0.1, -0.05) is 53.7 Å². The maximum Gasteiger partial charge on any atom is 0.326 e. The summed E-state index contributed by atoms with van der Waals surface area (Å²) in [6.45, 7) is 1.91. The smallest absolute Gasteiger partial charge is 0.326 e. The molecule has 0 saturated carbocycles. The van der Waals surface area contributed by atoms with Gasteiger partial charge < -0.3 is 14.6 Å². The zero-order chi connectivity index (χ0) is 24.4. The normalized spacial score (nSPS) is 15.8. The molecule has 4 aromatic rings. The van der Waals surface area contributed by atoms with Crippen LogP contribution in [0, 0.1) is 0 Å². The van der Waals surface area contributed by atoms with E-state index in [2.05, 4.69) is 10.5 Å². The number of benzene rings is 3. The number of nitrogens with one attached hydrogen (secondary N) is 1. The number of ether oxygens (including phenoxy) is 1. The van der Waals surface area contributed by atoms with Crippen LogP contribution in [0.4, 0.5) is 10.5 Å². The van der Waals surface area contributed by atoms with Crippen LogP contribution in [0.25, 0.3) is 17.0 Å². The number of aromatic nitrogens is 2. The lowest BCUT2D eigenvalue weighted by Crippen LogP contribution is -2.46. The van der Waals surface area contributed by atoms with Crippen molar-refractivity contribution in [3.63, 3.8) is 0 Å². The van der Waals surface area contributed by atoms with Gasteiger partial charge in [0, 0.05) is 16.2 Å². The van der Waals surface area contributed by atoms with E-state index in [1.807, 2.05) is 92.0 Å². The molecule has 1 atom stereocenters. The van der Waals surface area contributed by atoms with E-state index in [9.17, 15) is 4.79 Å². The molecule has 3 aromatic carbocycles. The molecule has 0 saturated heterocycles. The summed E-state index contributed by atoms with van der Waals surface area (Å²) in [5.41, 5.74) is 3.95. The molecular formula is C27H24N4O3S. The second-order valence-electron chi connectivity index (χ2n) is 7.98. The fourth-order valence-electron chi connectivity index (χ4n) is 4.16. The Balaban J connectivity index is 1.65. The van der Waals surface area contributed by atoms with E-state index in [1.54, 1.807) is 23.8 Å². The van der Waals surface area contributed by atoms with E-state index < -0.39 is 6.04 Å². The quantitative estimate of drug-likeness (QED) is 0.330. The Hall–Kier alpha value is -4.04. The van der Waals surface area contributed by atoms with Gasteiger partial charge in [-0.25, -0.2) is 4.79 Å². The summed E-state index contributed by atoms with van der Waals surface area (Å²) in [5, 5.41) is 7.36. The molecule has 1 unspecified atom stereocenters. The first-order valence-electron chi connectivity index (χ1n) is 11.1. The Morgan fingerprint density at radius 3 is 2.51 bits per heavy atom. The van der Waals surface area contributed by atoms with Gasteiger partial charge in [0.25, 0.3) is 5.89 Å². The fraction of sp³-hybridized carbons (Fsp3) is 0.148. The highest BCUT2D eigenvalue weighted by molar-refractivity contribution is 7.98. The number of carbonyl (C=O) groups excluding carboxylic acids is 1. The molecule has 0 spiro atoms. The Labute approximate surface area is 207 Å². The number of amides is 2. The highest BCUT2D eigenvalue weighted by Crippen LogP contribution is 2.40. The summed E-state index contributed by atoms with van der Waals surface area (Å²) in [6, 6.07) is 24.4. The van der Waals surface area contributed by atoms with Crippen molar-refractivity contribution in [1.29, 1.82) is 0 Å². The molecule has 176 valence electrons. The van der Waals surface area contributed by atoms with Crippen molar-refractivity contribution in [2.45, 2.75) is 17.9 Å². The number of nitrogens with zero attached hydrogens (tertiary/aromatic N) is 3. The fourth-order valence-corrected chi connectivity index (χ4v) is 4.62. The van der Waals surface area contributed by atoms with Crippen molar-refractivity contribution >= 4 is 29.1 Å². The lowest BCUT2D eigenvalue weighted by molar-refractivity contribution is 0.244. The van der Waals surface area contributed by atoms with E-state index in [1.165, 1.54) is 0 Å². The topological polar surface area (TPSA) is 80.5 Å². The maximum atomic E-state index is 13.4. The second kappa shape index (κ2) is 9.68. The van der Waals surface area contributed by atoms with Crippen molar-refractivity contribution in [3.8, 4) is 17.1 Å². The van der Waals surface area contributed by atoms with Gasteiger partial charge in [0.2, 0.25) is 5.82 Å². The number of urea groups is 1. The van der Waals surface area contributed by atoms with Gasteiger partial charge in [-0.05, 0) is 49.1 Å². The van der Waals surface area contributed by atoms with E-state index in [0.29, 0.717) is 11.7 Å². The first-order chi connectivity index (χ1) is 17.1. The van der Waals surface area contributed by atoms with Gasteiger partial charge in [-0.3, -0.25) is 4.90 Å². The van der Waals surface area contributed by atoms with Crippen molar-refractivity contribution in [1.82, 2.24) is 15.5 Å². The van der Waals surface area contributed by atoms with E-state index >= 15 is 0 Å². The molecule has 0 aliphatic carbocycles. The van der Waals surface area contributed by atoms with Crippen molar-refractivity contribution in [2.75, 3.05) is 18.3 Å². The number of hydrogen-bond acceptors (Lipinski definition) is 6. The summed E-state index contributed by atoms with van der Waals surface area (Å²) in [7, 11) is 1.62. The van der Waals surface area contributed by atoms with Gasteiger partial charge in [0.1, 0.15) is 5.75 Å². The number of rotatable bonds is 6. The van der Waals surface area contributed by atoms with E-state index in [4.69, 9.17) is 14.2 Å². The van der Waals surface area contributed by atoms with Gasteiger partial charge >= 0.3 is 6.03 Å². The molecule has 2 heterocycles. The first-order valence-corrected chi connectivity index (χ1v) is 12.3. The predicted octanol–water partition coefficient (Wildman–Crippen LogP) is 6.17. The minimum atomic E-state index is -0.475. The van der Waals surface area contributed by atoms with Crippen LogP contribution in [-0.2, 0) is 0 Å². The first kappa shape index (κ1) is 22.7. The summed E-state index contributed by atoms with van der Waals surface area (Å²) < 4.78 is 11.1. The molecule has 1 aliphatic rings. The Kier molecular flexibility index (Phi) is 6.29. The van der Waals surface area contributed by atoms with Crippen LogP contribution < -0.4 is 15.0 Å². The van der Waals surface area contributed by atoms with Crippen LogP contribution in [0.1, 0.15) is 24.4 Å². The zero-order valence-corrected chi connectivity index (χ0v) is 20.4. The van der Waals surface area contributed by atoms with Gasteiger partial charge in [0.15, 0.2) is 0 Å². The van der Waals surface area contributed by atoms with Crippen LogP contribution in [0.15, 0.2) is 94.0 Å². The van der Waals surface area contributed by atoms with Crippen molar-refractivity contribution in [2.24, 2.45) is 0 Å². The lowest BCUT2D eigenvalue weighted by Gasteiger charge is -2.35. The third kappa shape index (κ3) is 4.40. The van der Waals surface area contributed by atoms with Gasteiger partial charge in [-0.2, -0.15) is 4.98 Å². The number of hydrogen-bond donors (Lipinski definition) is 1. The highest BCUT2D eigenvalue weighted by atomic mass is 32.2. The van der Waals surface area contributed by atoms with E-state index in [0.717, 1.165) is 38.7 Å². The summed E-state index contributed by atoms with van der Waals surface area (Å²) in [4.78, 5) is 20.8. The highest BCUT2D eigenvalue weighted by Gasteiger charge is 2.36. The molecule has 8 heteroatoms. The Morgan fingerprint density at radius 2 is 1.80 bits per heavy atom. The molecule has 7 nitrogen and oxygen atoms in total. The third-order valence-corrected chi connectivity index (χ3v) is 6.66. The van der Waals surface area contributed by atoms with Crippen molar-refractivity contribution < 1.29 is 14.1 Å². The molecule has 1 aromatic heterocycles. The van der Waals surface area contributed by atoms with Gasteiger partial charge in [-0.15, -0.1) is 11.8 Å². The minimum absolute atomic E-state index is 0.229. The molecule has 2 amide bonds. The zero-order valence-electron chi connectivity index (χ0n) is 19.6. The van der Waals surface area contributed by atoms with Gasteiger partial charge in [0.05, 0.1) is 24.4 Å². The number of allylic oxidation sites excluding steroid dienone is 1. The minimum Gasteiger partial charge on any atom is -0.497 e. The van der Waals surface area contributed by atoms with Crippen LogP contribution in [0.3, 0.4) is 0 Å². The van der Waals surface area contributed by atoms with Crippen molar-refractivity contribution in [3.05, 3.63) is 96.0 Å². The van der Waals surface area contributed by atoms with E-state index in [-0.39, 0.29) is 6.03 Å². The lowest BCUT2D eigenvalue weighted by atomic mass is 9.94. The number of carbonyl (C=O) groups is 1. The average molecular weight is 485 g/mol. The average Bonchev–Trinajstić information content (AvgIpc) is 3.39. The SMILES string of the molecule is COc1ccc(C2NC(=O)N(c3cccc(SC)c3)C(C)=C2c2nc(-c3ccccc3)no2)cc1. The number of anilines is 1. The summed E-state index contributed by atoms with van der Waals surface area (Å²) in [5.74, 6) is 1.58. The Morgan fingerprint density at radius 1 is 1.03 bits per heavy atom. The predicted molar refractivity (Wildman–Crippen MR) is 137 cm³/mol. The maximum absolute atomic E-state index is 13.4. The Bertz CT molecular complexity index is 1380. The summed E-state index contributed by atoms with van der Waals surface area (Å²) >= 11 is 1.62. The van der Waals surface area contributed by atoms with Crippen LogP contribution in [0.2, 0.25) is 0 Å². The molecule has 1 N–H and O–H groups in total. The van der Waals surface area contributed by atoms with Crippen LogP contribution >= 0.6 is 11.8 Å². The largest absolute Gasteiger partial charge is 0.497 e. The molecular weight excluding hydrogens is 460 g/mol. The van der Waals surface area contributed by atoms with Crippen LogP contribution in [0.5, 0.6) is 5.75 Å². The third-order valence-electron chi connectivity index (χ3n) is 5.93. The molecule has 0 radical (unpaired) electrons. The molecule has 0 bridgehead atoms. The molecule has 35 heavy (non-hydrogen) atoms. The second-order valence-corrected chi connectivity index (χ2v) is 8.86. The molecule has 1 aliphatic heterocycles. The number of methoxy groups -OCH3 is 1. The monoisotopic (exact) mass is 484 g/mol.